The lowest BCUT2D eigenvalue weighted by Crippen LogP contribution is -2.67. The third-order valence-electron chi connectivity index (χ3n) is 8.30. The molecule has 3 heterocycles. The van der Waals surface area contributed by atoms with Crippen LogP contribution in [0.4, 0.5) is 0 Å². The summed E-state index contributed by atoms with van der Waals surface area (Å²) in [5.74, 6) is 0. The van der Waals surface area contributed by atoms with Crippen LogP contribution in [0.15, 0.2) is 60.7 Å². The minimum absolute atomic E-state index is 0.0246. The first kappa shape index (κ1) is 26.1. The Morgan fingerprint density at radius 2 is 1.14 bits per heavy atom. The van der Waals surface area contributed by atoms with E-state index in [0.717, 1.165) is 38.5 Å². The number of ether oxygens (including phenoxy) is 3. The maximum Gasteiger partial charge on any atom is 0.261 e. The van der Waals surface area contributed by atoms with Crippen molar-refractivity contribution in [3.05, 3.63) is 60.7 Å². The monoisotopic (exact) mass is 510 g/mol. The number of benzene rings is 2. The van der Waals surface area contributed by atoms with E-state index < -0.39 is 8.32 Å². The molecule has 0 unspecified atom stereocenters. The molecule has 2 aromatic carbocycles. The highest BCUT2D eigenvalue weighted by atomic mass is 28.4. The molecular weight excluding hydrogens is 468 g/mol. The van der Waals surface area contributed by atoms with Crippen molar-refractivity contribution in [3.63, 3.8) is 0 Å². The molecule has 0 aliphatic carbocycles. The molecule has 3 aliphatic heterocycles. The summed E-state index contributed by atoms with van der Waals surface area (Å²) in [7, 11) is -2.56. The Kier molecular flexibility index (Phi) is 8.01. The predicted octanol–water partition coefficient (Wildman–Crippen LogP) is 4.20. The van der Waals surface area contributed by atoms with E-state index in [-0.39, 0.29) is 48.3 Å². The van der Waals surface area contributed by atoms with Crippen molar-refractivity contribution in [1.82, 2.24) is 0 Å². The smallest absolute Gasteiger partial charge is 0.261 e. The Balaban J connectivity index is 1.25. The molecule has 0 amide bonds. The third-order valence-corrected chi connectivity index (χ3v) is 13.3. The number of aliphatic hydroxyl groups excluding tert-OH is 1. The van der Waals surface area contributed by atoms with Crippen molar-refractivity contribution in [1.29, 1.82) is 0 Å². The zero-order valence-corrected chi connectivity index (χ0v) is 23.0. The highest BCUT2D eigenvalue weighted by molar-refractivity contribution is 6.99. The first-order valence-corrected chi connectivity index (χ1v) is 15.6. The van der Waals surface area contributed by atoms with E-state index in [9.17, 15) is 5.11 Å². The van der Waals surface area contributed by atoms with Gasteiger partial charge in [0.2, 0.25) is 0 Å². The van der Waals surface area contributed by atoms with E-state index in [1.54, 1.807) is 0 Å². The highest BCUT2D eigenvalue weighted by Crippen LogP contribution is 2.39. The van der Waals surface area contributed by atoms with Gasteiger partial charge in [-0.15, -0.1) is 0 Å². The van der Waals surface area contributed by atoms with Crippen molar-refractivity contribution in [2.24, 2.45) is 0 Å². The average Bonchev–Trinajstić information content (AvgIpc) is 3.65. The summed E-state index contributed by atoms with van der Waals surface area (Å²) >= 11 is 0. The SMILES string of the molecule is CC(C)(C)[Si](OC[C@@H]1CC[C@@H]([C@@H]2CC[C@@H]([C@@H]3CC[C@@H](CO)O3)O2)O1)(c1ccccc1)c1ccccc1. The van der Waals surface area contributed by atoms with Gasteiger partial charge >= 0.3 is 0 Å². The molecule has 5 nitrogen and oxygen atoms in total. The largest absolute Gasteiger partial charge is 0.405 e. The summed E-state index contributed by atoms with van der Waals surface area (Å²) in [6, 6.07) is 21.6. The first-order valence-electron chi connectivity index (χ1n) is 13.7. The van der Waals surface area contributed by atoms with Crippen LogP contribution in [0.5, 0.6) is 0 Å². The van der Waals surface area contributed by atoms with Crippen LogP contribution in [0.2, 0.25) is 5.04 Å². The van der Waals surface area contributed by atoms with Gasteiger partial charge in [-0.05, 0) is 53.9 Å². The van der Waals surface area contributed by atoms with Gasteiger partial charge in [0.05, 0.1) is 49.8 Å². The Morgan fingerprint density at radius 1 is 0.694 bits per heavy atom. The quantitative estimate of drug-likeness (QED) is 0.540. The normalized spacial score (nSPS) is 31.2. The molecule has 0 aromatic heterocycles. The van der Waals surface area contributed by atoms with Crippen LogP contribution in [-0.4, -0.2) is 63.3 Å². The van der Waals surface area contributed by atoms with E-state index in [4.69, 9.17) is 18.6 Å². The molecule has 0 radical (unpaired) electrons. The molecule has 1 N–H and O–H groups in total. The fourth-order valence-corrected chi connectivity index (χ4v) is 11.1. The second kappa shape index (κ2) is 11.1. The van der Waals surface area contributed by atoms with Gasteiger partial charge in [-0.2, -0.15) is 0 Å². The topological polar surface area (TPSA) is 57.2 Å². The Morgan fingerprint density at radius 3 is 1.61 bits per heavy atom. The average molecular weight is 511 g/mol. The van der Waals surface area contributed by atoms with Crippen molar-refractivity contribution in [2.45, 2.75) is 101 Å². The Bertz CT molecular complexity index is 923. The molecular formula is C30H42O5Si. The lowest BCUT2D eigenvalue weighted by Gasteiger charge is -2.43. The van der Waals surface area contributed by atoms with Gasteiger partial charge in [0.1, 0.15) is 0 Å². The van der Waals surface area contributed by atoms with E-state index in [0.29, 0.717) is 6.61 Å². The molecule has 2 aromatic rings. The van der Waals surface area contributed by atoms with Crippen LogP contribution >= 0.6 is 0 Å². The van der Waals surface area contributed by atoms with Gasteiger partial charge in [0, 0.05) is 0 Å². The molecule has 6 heteroatoms. The summed E-state index contributed by atoms with van der Waals surface area (Å²) in [5, 5.41) is 12.0. The van der Waals surface area contributed by atoms with Gasteiger partial charge in [0.25, 0.3) is 8.32 Å². The summed E-state index contributed by atoms with van der Waals surface area (Å²) in [4.78, 5) is 0. The molecule has 6 atom stereocenters. The third kappa shape index (κ3) is 5.22. The predicted molar refractivity (Wildman–Crippen MR) is 144 cm³/mol. The van der Waals surface area contributed by atoms with Crippen LogP contribution in [0.3, 0.4) is 0 Å². The molecule has 3 saturated heterocycles. The Labute approximate surface area is 217 Å². The molecule has 3 aliphatic rings. The molecule has 5 rings (SSSR count). The maximum atomic E-state index is 9.39. The maximum absolute atomic E-state index is 9.39. The molecule has 36 heavy (non-hydrogen) atoms. The van der Waals surface area contributed by atoms with Gasteiger partial charge in [-0.1, -0.05) is 81.4 Å². The summed E-state index contributed by atoms with van der Waals surface area (Å²) < 4.78 is 26.1. The number of hydrogen-bond donors (Lipinski definition) is 1. The van der Waals surface area contributed by atoms with Crippen molar-refractivity contribution < 1.29 is 23.7 Å². The fourth-order valence-electron chi connectivity index (χ4n) is 6.49. The second-order valence-electron chi connectivity index (χ2n) is 11.7. The molecule has 0 bridgehead atoms. The summed E-state index contributed by atoms with van der Waals surface area (Å²) in [6.45, 7) is 7.65. The first-order chi connectivity index (χ1) is 17.4. The van der Waals surface area contributed by atoms with Gasteiger partial charge in [-0.25, -0.2) is 0 Å². The van der Waals surface area contributed by atoms with E-state index in [1.807, 2.05) is 0 Å². The molecule has 0 spiro atoms. The lowest BCUT2D eigenvalue weighted by molar-refractivity contribution is -0.110. The number of hydrogen-bond acceptors (Lipinski definition) is 5. The summed E-state index contributed by atoms with van der Waals surface area (Å²) in [5.41, 5.74) is 0. The van der Waals surface area contributed by atoms with E-state index >= 15 is 0 Å². The zero-order chi connectivity index (χ0) is 25.2. The molecule has 196 valence electrons. The zero-order valence-electron chi connectivity index (χ0n) is 22.0. The van der Waals surface area contributed by atoms with Crippen LogP contribution in [0, 0.1) is 0 Å². The standard InChI is InChI=1S/C30H42O5Si/c1-30(2,3)36(24-10-6-4-7-11-24,25-12-8-5-9-13-25)32-21-23-15-17-27(34-23)29-19-18-28(35-29)26-16-14-22(20-31)33-26/h4-13,22-23,26-29,31H,14-21H2,1-3H3/t22-,23-,26-,27-,28-,29-/m0/s1. The number of rotatable bonds is 8. The second-order valence-corrected chi connectivity index (χ2v) is 16.0. The van der Waals surface area contributed by atoms with Crippen molar-refractivity contribution in [2.75, 3.05) is 13.2 Å². The van der Waals surface area contributed by atoms with Crippen molar-refractivity contribution >= 4 is 18.7 Å². The highest BCUT2D eigenvalue weighted by Gasteiger charge is 2.51. The van der Waals surface area contributed by atoms with Crippen LogP contribution < -0.4 is 10.4 Å². The van der Waals surface area contributed by atoms with Crippen LogP contribution in [0.1, 0.15) is 59.3 Å². The van der Waals surface area contributed by atoms with Gasteiger partial charge in [-0.3, -0.25) is 0 Å². The van der Waals surface area contributed by atoms with Gasteiger partial charge in [0.15, 0.2) is 0 Å². The van der Waals surface area contributed by atoms with Crippen LogP contribution in [-0.2, 0) is 18.6 Å². The van der Waals surface area contributed by atoms with Gasteiger partial charge < -0.3 is 23.7 Å². The summed E-state index contributed by atoms with van der Waals surface area (Å²) in [6.07, 6.45) is 6.49. The van der Waals surface area contributed by atoms with E-state index in [2.05, 4.69) is 81.4 Å². The number of aliphatic hydroxyl groups is 1. The van der Waals surface area contributed by atoms with E-state index in [1.165, 1.54) is 10.4 Å². The Hall–Kier alpha value is -1.54. The minimum Gasteiger partial charge on any atom is -0.405 e. The molecule has 3 fully saturated rings. The van der Waals surface area contributed by atoms with Crippen molar-refractivity contribution in [3.8, 4) is 0 Å². The fraction of sp³-hybridized carbons (Fsp3) is 0.600. The van der Waals surface area contributed by atoms with Crippen LogP contribution in [0.25, 0.3) is 0 Å². The lowest BCUT2D eigenvalue weighted by atomic mass is 10.0. The minimum atomic E-state index is -2.56. The molecule has 0 saturated carbocycles.